The number of halogens is 2. The zero-order valence-electron chi connectivity index (χ0n) is 38.3. The molecule has 2 nitrogen and oxygen atoms in total. The van der Waals surface area contributed by atoms with E-state index in [4.69, 9.17) is 23.2 Å². The predicted molar refractivity (Wildman–Crippen MR) is 272 cm³/mol. The summed E-state index contributed by atoms with van der Waals surface area (Å²) in [6.07, 6.45) is 0. The van der Waals surface area contributed by atoms with Crippen LogP contribution in [-0.4, -0.2) is 9.97 Å². The van der Waals surface area contributed by atoms with Crippen LogP contribution < -0.4 is 0 Å². The van der Waals surface area contributed by atoms with E-state index in [0.717, 1.165) is 65.9 Å². The van der Waals surface area contributed by atoms with Crippen LogP contribution in [0.3, 0.4) is 0 Å². The predicted octanol–water partition coefficient (Wildman–Crippen LogP) is 18.1. The van der Waals surface area contributed by atoms with Crippen molar-refractivity contribution in [2.75, 3.05) is 0 Å². The normalized spacial score (nSPS) is 13.0. The first-order valence-corrected chi connectivity index (χ1v) is 22.7. The van der Waals surface area contributed by atoms with Gasteiger partial charge in [0.1, 0.15) is 0 Å². The maximum atomic E-state index is 7.23. The second-order valence-electron chi connectivity index (χ2n) is 21.6. The maximum Gasteiger partial charge on any atom is 0.0559 e. The van der Waals surface area contributed by atoms with Crippen LogP contribution in [-0.2, 0) is 21.7 Å². The van der Waals surface area contributed by atoms with Crippen LogP contribution in [0, 0.1) is 0 Å². The van der Waals surface area contributed by atoms with E-state index < -0.39 is 0 Å². The molecule has 2 aromatic heterocycles. The lowest BCUT2D eigenvalue weighted by molar-refractivity contribution is 0.568. The lowest BCUT2D eigenvalue weighted by atomic mass is 9.79. The van der Waals surface area contributed by atoms with Crippen molar-refractivity contribution in [3.05, 3.63) is 154 Å². The van der Waals surface area contributed by atoms with Crippen LogP contribution in [0.2, 0.25) is 10.0 Å². The van der Waals surface area contributed by atoms with Crippen LogP contribution in [0.4, 0.5) is 0 Å². The Balaban J connectivity index is 1.38. The lowest BCUT2D eigenvalue weighted by Crippen LogP contribution is -2.16. The second kappa shape index (κ2) is 14.6. The molecule has 9 aromatic rings. The number of nitrogens with one attached hydrogen (secondary N) is 2. The molecular weight excluding hydrogens is 796 g/mol. The summed E-state index contributed by atoms with van der Waals surface area (Å²) in [6.45, 7) is 27.6. The molecule has 2 heterocycles. The monoisotopic (exact) mass is 852 g/mol. The fraction of sp³-hybridized carbons (Fsp3) is 0.276. The molecule has 0 saturated heterocycles. The number of fused-ring (bicyclic) bond motifs is 6. The Kier molecular flexibility index (Phi) is 9.93. The number of aromatic amines is 2. The summed E-state index contributed by atoms with van der Waals surface area (Å²) >= 11 is 14.5. The lowest BCUT2D eigenvalue weighted by Gasteiger charge is -2.26. The Hall–Kier alpha value is -5.28. The van der Waals surface area contributed by atoms with Gasteiger partial charge in [0.15, 0.2) is 0 Å². The van der Waals surface area contributed by atoms with Gasteiger partial charge in [-0.05, 0) is 90.4 Å². The summed E-state index contributed by atoms with van der Waals surface area (Å²) in [5, 5.41) is 5.89. The van der Waals surface area contributed by atoms with Gasteiger partial charge < -0.3 is 9.97 Å². The minimum atomic E-state index is 0.00534. The van der Waals surface area contributed by atoms with Gasteiger partial charge in [-0.15, -0.1) is 0 Å². The van der Waals surface area contributed by atoms with Gasteiger partial charge in [-0.3, -0.25) is 0 Å². The Bertz CT molecular complexity index is 2950. The van der Waals surface area contributed by atoms with Crippen molar-refractivity contribution in [2.45, 2.75) is 105 Å². The molecule has 0 aliphatic rings. The van der Waals surface area contributed by atoms with Gasteiger partial charge in [0.05, 0.1) is 11.0 Å². The van der Waals surface area contributed by atoms with Crippen molar-refractivity contribution in [2.24, 2.45) is 0 Å². The van der Waals surface area contributed by atoms with Gasteiger partial charge in [0, 0.05) is 64.9 Å². The van der Waals surface area contributed by atoms with E-state index in [9.17, 15) is 0 Å². The molecule has 0 fully saturated rings. The van der Waals surface area contributed by atoms with E-state index in [1.54, 1.807) is 0 Å². The van der Waals surface area contributed by atoms with E-state index in [-0.39, 0.29) is 21.7 Å². The molecule has 0 amide bonds. The fourth-order valence-electron chi connectivity index (χ4n) is 9.09. The smallest absolute Gasteiger partial charge is 0.0559 e. The van der Waals surface area contributed by atoms with Gasteiger partial charge in [-0.25, -0.2) is 0 Å². The quantitative estimate of drug-likeness (QED) is 0.177. The zero-order valence-corrected chi connectivity index (χ0v) is 39.8. The van der Waals surface area contributed by atoms with Crippen molar-refractivity contribution < 1.29 is 0 Å². The van der Waals surface area contributed by atoms with Crippen LogP contribution in [0.15, 0.2) is 121 Å². The summed E-state index contributed by atoms with van der Waals surface area (Å²) in [6, 6.07) is 44.5. The minimum absolute atomic E-state index is 0.00534. The van der Waals surface area contributed by atoms with E-state index >= 15 is 0 Å². The average molecular weight is 854 g/mol. The SMILES string of the molecule is CC(C)(C)c1cc(-c2ccc3c(c2)[nH]c2c(-c4ccccc4Cl)c4c([nH]c5cc(-c6cc(C(C)(C)C)cc(C(C)(C)C)c6)ccc54)c(-c4ccccc4Cl)c23)cc(C(C)(C)C)c1. The molecule has 0 saturated carbocycles. The number of hydrogen-bond acceptors (Lipinski definition) is 0. The summed E-state index contributed by atoms with van der Waals surface area (Å²) in [5.74, 6) is 0. The number of H-pyrrole nitrogens is 2. The number of rotatable bonds is 4. The third kappa shape index (κ3) is 7.34. The first-order chi connectivity index (χ1) is 29.1. The third-order valence-electron chi connectivity index (χ3n) is 12.9. The molecular formula is C58H58Cl2N2. The summed E-state index contributed by atoms with van der Waals surface area (Å²) in [4.78, 5) is 8.02. The molecule has 0 unspecified atom stereocenters. The molecule has 4 heteroatoms. The summed E-state index contributed by atoms with van der Waals surface area (Å²) in [7, 11) is 0. The van der Waals surface area contributed by atoms with Gasteiger partial charge in [-0.2, -0.15) is 0 Å². The summed E-state index contributed by atoms with van der Waals surface area (Å²) < 4.78 is 0. The van der Waals surface area contributed by atoms with Crippen molar-refractivity contribution in [1.29, 1.82) is 0 Å². The first kappa shape index (κ1) is 42.0. The van der Waals surface area contributed by atoms with Crippen molar-refractivity contribution in [1.82, 2.24) is 9.97 Å². The van der Waals surface area contributed by atoms with Crippen LogP contribution in [0.25, 0.3) is 88.1 Å². The summed E-state index contributed by atoms with van der Waals surface area (Å²) in [5.41, 5.74) is 18.4. The number of aromatic nitrogens is 2. The topological polar surface area (TPSA) is 31.6 Å². The molecule has 0 bridgehead atoms. The van der Waals surface area contributed by atoms with E-state index in [2.05, 4.69) is 190 Å². The molecule has 0 aliphatic heterocycles. The maximum absolute atomic E-state index is 7.23. The van der Waals surface area contributed by atoms with Gasteiger partial charge >= 0.3 is 0 Å². The Labute approximate surface area is 377 Å². The zero-order chi connectivity index (χ0) is 44.3. The first-order valence-electron chi connectivity index (χ1n) is 22.0. The number of benzene rings is 7. The third-order valence-corrected chi connectivity index (χ3v) is 13.5. The van der Waals surface area contributed by atoms with E-state index in [1.807, 2.05) is 24.3 Å². The molecule has 0 aliphatic carbocycles. The molecule has 9 rings (SSSR count). The van der Waals surface area contributed by atoms with Crippen LogP contribution in [0.5, 0.6) is 0 Å². The van der Waals surface area contributed by atoms with Gasteiger partial charge in [0.2, 0.25) is 0 Å². The van der Waals surface area contributed by atoms with Crippen molar-refractivity contribution in [3.8, 4) is 44.5 Å². The van der Waals surface area contributed by atoms with Crippen LogP contribution >= 0.6 is 23.2 Å². The van der Waals surface area contributed by atoms with Crippen LogP contribution in [0.1, 0.15) is 105 Å². The van der Waals surface area contributed by atoms with Crippen molar-refractivity contribution >= 4 is 66.8 Å². The molecule has 0 spiro atoms. The largest absolute Gasteiger partial charge is 0.354 e. The second-order valence-corrected chi connectivity index (χ2v) is 22.4. The highest BCUT2D eigenvalue weighted by Gasteiger charge is 2.27. The fourth-order valence-corrected chi connectivity index (χ4v) is 9.55. The standard InChI is InChI=1S/C58H58Cl2N2/c1-55(2,3)37-25-35(26-38(31-37)56(4,5)6)33-21-23-43-47(29-33)61-53-50(42-18-14-16-20-46(42)60)52-44-24-22-34(36-27-39(57(7,8)9)32-40(28-36)58(10,11)12)30-48(44)62-54(52)49(51(43)53)41-17-13-15-19-45(41)59/h13-32,61-62H,1-12H3. The van der Waals surface area contributed by atoms with E-state index in [1.165, 1.54) is 44.5 Å². The molecule has 0 atom stereocenters. The Morgan fingerprint density at radius 3 is 0.984 bits per heavy atom. The highest BCUT2D eigenvalue weighted by molar-refractivity contribution is 6.39. The number of hydrogen-bond donors (Lipinski definition) is 2. The Morgan fingerprint density at radius 1 is 0.355 bits per heavy atom. The van der Waals surface area contributed by atoms with Gasteiger partial charge in [0.25, 0.3) is 0 Å². The van der Waals surface area contributed by atoms with Crippen molar-refractivity contribution in [3.63, 3.8) is 0 Å². The average Bonchev–Trinajstić information content (AvgIpc) is 3.77. The molecule has 0 radical (unpaired) electrons. The minimum Gasteiger partial charge on any atom is -0.354 e. The molecule has 2 N–H and O–H groups in total. The Morgan fingerprint density at radius 2 is 0.677 bits per heavy atom. The molecule has 314 valence electrons. The molecule has 7 aromatic carbocycles. The highest BCUT2D eigenvalue weighted by Crippen LogP contribution is 2.51. The van der Waals surface area contributed by atoms with Gasteiger partial charge in [-0.1, -0.05) is 203 Å². The van der Waals surface area contributed by atoms with E-state index in [0.29, 0.717) is 10.0 Å². The molecule has 62 heavy (non-hydrogen) atoms. The highest BCUT2D eigenvalue weighted by atomic mass is 35.5.